The summed E-state index contributed by atoms with van der Waals surface area (Å²) < 4.78 is 5.37. The van der Waals surface area contributed by atoms with Gasteiger partial charge in [-0.05, 0) is 31.4 Å². The van der Waals surface area contributed by atoms with Crippen molar-refractivity contribution in [2.24, 2.45) is 4.99 Å². The fraction of sp³-hybridized carbons (Fsp3) is 0.444. The Balaban J connectivity index is 1.67. The molecule has 0 amide bonds. The van der Waals surface area contributed by atoms with Gasteiger partial charge in [-0.2, -0.15) is 0 Å². The maximum Gasteiger partial charge on any atom is 0.190 e. The van der Waals surface area contributed by atoms with Crippen molar-refractivity contribution in [2.75, 3.05) is 27.2 Å². The van der Waals surface area contributed by atoms with E-state index in [1.165, 1.54) is 10.6 Å². The summed E-state index contributed by atoms with van der Waals surface area (Å²) in [5, 5.41) is 9.99. The highest BCUT2D eigenvalue weighted by Gasteiger charge is 2.03. The Morgan fingerprint density at radius 3 is 2.71 bits per heavy atom. The van der Waals surface area contributed by atoms with Crippen LogP contribution in [0.4, 0.5) is 0 Å². The number of hydrogen-bond donors (Lipinski definition) is 2. The quantitative estimate of drug-likeness (QED) is 0.438. The van der Waals surface area contributed by atoms with Gasteiger partial charge in [0.15, 0.2) is 5.96 Å². The zero-order chi connectivity index (χ0) is 17.2. The molecule has 0 spiro atoms. The lowest BCUT2D eigenvalue weighted by atomic mass is 10.1. The lowest BCUT2D eigenvalue weighted by molar-refractivity contribution is 0.409. The van der Waals surface area contributed by atoms with Crippen LogP contribution in [0.2, 0.25) is 0 Å². The molecular formula is C18H26N4OS. The molecule has 0 aliphatic heterocycles. The Bertz CT molecular complexity index is 654. The number of aromatic nitrogens is 1. The SMILES string of the molecule is CN=C(NCCCc1nc(C)cs1)NCCc1ccccc1OC. The number of para-hydroxylation sites is 1. The van der Waals surface area contributed by atoms with Crippen LogP contribution in [0.3, 0.4) is 0 Å². The average molecular weight is 347 g/mol. The molecule has 130 valence electrons. The van der Waals surface area contributed by atoms with E-state index < -0.39 is 0 Å². The molecule has 2 rings (SSSR count). The number of methoxy groups -OCH3 is 1. The predicted octanol–water partition coefficient (Wildman–Crippen LogP) is 2.80. The molecule has 0 saturated carbocycles. The van der Waals surface area contributed by atoms with Gasteiger partial charge < -0.3 is 15.4 Å². The van der Waals surface area contributed by atoms with Crippen molar-refractivity contribution in [2.45, 2.75) is 26.2 Å². The zero-order valence-corrected chi connectivity index (χ0v) is 15.4. The molecule has 0 fully saturated rings. The number of benzene rings is 1. The highest BCUT2D eigenvalue weighted by atomic mass is 32.1. The van der Waals surface area contributed by atoms with E-state index in [4.69, 9.17) is 4.74 Å². The van der Waals surface area contributed by atoms with E-state index in [-0.39, 0.29) is 0 Å². The highest BCUT2D eigenvalue weighted by molar-refractivity contribution is 7.09. The third kappa shape index (κ3) is 5.85. The first-order valence-electron chi connectivity index (χ1n) is 8.20. The standard InChI is InChI=1S/C18H26N4OS/c1-14-13-24-17(22-14)9-6-11-20-18(19-2)21-12-10-15-7-4-5-8-16(15)23-3/h4-5,7-8,13H,6,9-12H2,1-3H3,(H2,19,20,21). The second kappa shape index (κ2) is 9.93. The van der Waals surface area contributed by atoms with E-state index in [0.29, 0.717) is 0 Å². The molecule has 1 aromatic carbocycles. The molecular weight excluding hydrogens is 320 g/mol. The van der Waals surface area contributed by atoms with E-state index in [1.54, 1.807) is 25.5 Å². The van der Waals surface area contributed by atoms with Crippen molar-refractivity contribution in [1.29, 1.82) is 0 Å². The van der Waals surface area contributed by atoms with Gasteiger partial charge in [0.1, 0.15) is 5.75 Å². The van der Waals surface area contributed by atoms with Crippen LogP contribution < -0.4 is 15.4 Å². The second-order valence-corrected chi connectivity index (χ2v) is 6.42. The summed E-state index contributed by atoms with van der Waals surface area (Å²) >= 11 is 1.73. The van der Waals surface area contributed by atoms with Crippen LogP contribution in [-0.4, -0.2) is 38.2 Å². The molecule has 2 aromatic rings. The minimum Gasteiger partial charge on any atom is -0.496 e. The van der Waals surface area contributed by atoms with Gasteiger partial charge >= 0.3 is 0 Å². The molecule has 1 aromatic heterocycles. The second-order valence-electron chi connectivity index (χ2n) is 5.47. The minimum absolute atomic E-state index is 0.811. The van der Waals surface area contributed by atoms with E-state index >= 15 is 0 Å². The van der Waals surface area contributed by atoms with Crippen LogP contribution in [0.1, 0.15) is 22.7 Å². The number of rotatable bonds is 8. The van der Waals surface area contributed by atoms with Crippen molar-refractivity contribution in [3.63, 3.8) is 0 Å². The van der Waals surface area contributed by atoms with Gasteiger partial charge in [0.2, 0.25) is 0 Å². The topological polar surface area (TPSA) is 58.5 Å². The predicted molar refractivity (Wildman–Crippen MR) is 101 cm³/mol. The van der Waals surface area contributed by atoms with Gasteiger partial charge in [0.05, 0.1) is 12.1 Å². The lowest BCUT2D eigenvalue weighted by Crippen LogP contribution is -2.38. The lowest BCUT2D eigenvalue weighted by Gasteiger charge is -2.12. The van der Waals surface area contributed by atoms with E-state index in [9.17, 15) is 0 Å². The summed E-state index contributed by atoms with van der Waals surface area (Å²) in [5.74, 6) is 1.77. The van der Waals surface area contributed by atoms with Gasteiger partial charge in [-0.1, -0.05) is 18.2 Å². The molecule has 5 nitrogen and oxygen atoms in total. The summed E-state index contributed by atoms with van der Waals surface area (Å²) in [6.45, 7) is 3.73. The van der Waals surface area contributed by atoms with Crippen LogP contribution in [0.5, 0.6) is 5.75 Å². The van der Waals surface area contributed by atoms with Gasteiger partial charge in [-0.25, -0.2) is 4.98 Å². The maximum absolute atomic E-state index is 5.37. The van der Waals surface area contributed by atoms with Crippen LogP contribution in [0, 0.1) is 6.92 Å². The van der Waals surface area contributed by atoms with Crippen molar-refractivity contribution in [1.82, 2.24) is 15.6 Å². The molecule has 0 aliphatic rings. The van der Waals surface area contributed by atoms with Gasteiger partial charge in [0, 0.05) is 37.6 Å². The minimum atomic E-state index is 0.811. The Morgan fingerprint density at radius 1 is 1.21 bits per heavy atom. The monoisotopic (exact) mass is 346 g/mol. The molecule has 6 heteroatoms. The number of nitrogens with one attached hydrogen (secondary N) is 2. The third-order valence-corrected chi connectivity index (χ3v) is 4.66. The number of hydrogen-bond acceptors (Lipinski definition) is 4. The van der Waals surface area contributed by atoms with Crippen LogP contribution in [-0.2, 0) is 12.8 Å². The van der Waals surface area contributed by atoms with Gasteiger partial charge in [0.25, 0.3) is 0 Å². The van der Waals surface area contributed by atoms with Crippen molar-refractivity contribution in [3.05, 3.63) is 45.9 Å². The largest absolute Gasteiger partial charge is 0.496 e. The molecule has 0 radical (unpaired) electrons. The molecule has 24 heavy (non-hydrogen) atoms. The van der Waals surface area contributed by atoms with Crippen molar-refractivity contribution < 1.29 is 4.74 Å². The maximum atomic E-state index is 5.37. The van der Waals surface area contributed by atoms with E-state index in [0.717, 1.165) is 49.8 Å². The van der Waals surface area contributed by atoms with Crippen molar-refractivity contribution >= 4 is 17.3 Å². The van der Waals surface area contributed by atoms with Crippen LogP contribution >= 0.6 is 11.3 Å². The number of aliphatic imine (C=N–C) groups is 1. The number of ether oxygens (including phenoxy) is 1. The Kier molecular flexibility index (Phi) is 7.55. The highest BCUT2D eigenvalue weighted by Crippen LogP contribution is 2.17. The summed E-state index contributed by atoms with van der Waals surface area (Å²) in [5.41, 5.74) is 2.30. The molecule has 0 saturated heterocycles. The van der Waals surface area contributed by atoms with Gasteiger partial charge in [-0.15, -0.1) is 11.3 Å². The first-order chi connectivity index (χ1) is 11.7. The molecule has 0 bridgehead atoms. The Labute approximate surface area is 148 Å². The molecule has 0 aliphatic carbocycles. The van der Waals surface area contributed by atoms with E-state index in [1.807, 2.05) is 25.1 Å². The molecule has 1 heterocycles. The van der Waals surface area contributed by atoms with Gasteiger partial charge in [-0.3, -0.25) is 4.99 Å². The summed E-state index contributed by atoms with van der Waals surface area (Å²) in [6.07, 6.45) is 2.94. The first-order valence-corrected chi connectivity index (χ1v) is 9.08. The van der Waals surface area contributed by atoms with Crippen molar-refractivity contribution in [3.8, 4) is 5.75 Å². The number of nitrogens with zero attached hydrogens (tertiary/aromatic N) is 2. The summed E-state index contributed by atoms with van der Waals surface area (Å²) in [7, 11) is 3.50. The Hall–Kier alpha value is -2.08. The average Bonchev–Trinajstić information content (AvgIpc) is 3.02. The van der Waals surface area contributed by atoms with Crippen LogP contribution in [0.15, 0.2) is 34.6 Å². The number of thiazole rings is 1. The third-order valence-electron chi connectivity index (χ3n) is 3.63. The summed E-state index contributed by atoms with van der Waals surface area (Å²) in [4.78, 5) is 8.74. The fourth-order valence-corrected chi connectivity index (χ4v) is 3.23. The van der Waals surface area contributed by atoms with Crippen LogP contribution in [0.25, 0.3) is 0 Å². The molecule has 2 N–H and O–H groups in total. The van der Waals surface area contributed by atoms with E-state index in [2.05, 4.69) is 32.1 Å². The fourth-order valence-electron chi connectivity index (χ4n) is 2.41. The molecule has 0 atom stereocenters. The first kappa shape index (κ1) is 18.3. The number of guanidine groups is 1. The smallest absolute Gasteiger partial charge is 0.190 e. The zero-order valence-electron chi connectivity index (χ0n) is 14.6. The number of aryl methyl sites for hydroxylation is 2. The summed E-state index contributed by atoms with van der Waals surface area (Å²) in [6, 6.07) is 8.10. The Morgan fingerprint density at radius 2 is 2.00 bits per heavy atom. The molecule has 0 unspecified atom stereocenters. The normalized spacial score (nSPS) is 11.4.